The van der Waals surface area contributed by atoms with Gasteiger partial charge in [-0.05, 0) is 62.4 Å². The zero-order valence-electron chi connectivity index (χ0n) is 18.8. The van der Waals surface area contributed by atoms with Gasteiger partial charge in [0.15, 0.2) is 6.61 Å². The van der Waals surface area contributed by atoms with E-state index in [0.717, 1.165) is 48.1 Å². The van der Waals surface area contributed by atoms with Crippen LogP contribution in [-0.2, 0) is 4.79 Å². The first-order valence-corrected chi connectivity index (χ1v) is 11.3. The maximum absolute atomic E-state index is 13.4. The number of likely N-dealkylation sites (tertiary alicyclic amines) is 1. The summed E-state index contributed by atoms with van der Waals surface area (Å²) in [5.74, 6) is 1.42. The minimum atomic E-state index is -0.727. The van der Waals surface area contributed by atoms with Crippen molar-refractivity contribution in [1.82, 2.24) is 4.90 Å². The third-order valence-electron chi connectivity index (χ3n) is 6.90. The molecule has 3 atom stereocenters. The summed E-state index contributed by atoms with van der Waals surface area (Å²) < 4.78 is 11.5. The first-order valence-electron chi connectivity index (χ1n) is 11.3. The van der Waals surface area contributed by atoms with Gasteiger partial charge in [0, 0.05) is 18.0 Å². The van der Waals surface area contributed by atoms with Crippen molar-refractivity contribution in [3.63, 3.8) is 0 Å². The van der Waals surface area contributed by atoms with Gasteiger partial charge in [-0.2, -0.15) is 0 Å². The Kier molecular flexibility index (Phi) is 6.24. The molecule has 0 bridgehead atoms. The number of ether oxygens (including phenoxy) is 2. The number of hydrogen-bond acceptors (Lipinski definition) is 4. The number of benzene rings is 2. The number of piperidine rings is 1. The van der Waals surface area contributed by atoms with E-state index < -0.39 is 5.60 Å². The van der Waals surface area contributed by atoms with Gasteiger partial charge in [-0.25, -0.2) is 0 Å². The Morgan fingerprint density at radius 2 is 1.87 bits per heavy atom. The molecule has 5 heteroatoms. The number of aliphatic hydroxyl groups is 1. The summed E-state index contributed by atoms with van der Waals surface area (Å²) in [4.78, 5) is 15.3. The second-order valence-corrected chi connectivity index (χ2v) is 9.09. The number of rotatable bonds is 5. The lowest BCUT2D eigenvalue weighted by atomic mass is 9.66. The Labute approximate surface area is 185 Å². The molecule has 0 unspecified atom stereocenters. The quantitative estimate of drug-likeness (QED) is 0.764. The first-order chi connectivity index (χ1) is 14.9. The van der Waals surface area contributed by atoms with Crippen molar-refractivity contribution in [2.24, 2.45) is 5.92 Å². The average molecular weight is 424 g/mol. The van der Waals surface area contributed by atoms with Gasteiger partial charge in [0.25, 0.3) is 5.91 Å². The largest absolute Gasteiger partial charge is 0.496 e. The van der Waals surface area contributed by atoms with Gasteiger partial charge < -0.3 is 19.5 Å². The lowest BCUT2D eigenvalue weighted by Gasteiger charge is -2.52. The molecule has 4 rings (SSSR count). The molecule has 5 nitrogen and oxygen atoms in total. The normalized spacial score (nSPS) is 25.6. The van der Waals surface area contributed by atoms with Crippen molar-refractivity contribution < 1.29 is 19.4 Å². The highest BCUT2D eigenvalue weighted by molar-refractivity contribution is 5.78. The predicted octanol–water partition coefficient (Wildman–Crippen LogP) is 4.59. The minimum Gasteiger partial charge on any atom is -0.496 e. The van der Waals surface area contributed by atoms with Crippen LogP contribution in [0.4, 0.5) is 0 Å². The maximum Gasteiger partial charge on any atom is 0.261 e. The van der Waals surface area contributed by atoms with E-state index in [1.807, 2.05) is 55.1 Å². The lowest BCUT2D eigenvalue weighted by molar-refractivity contribution is -0.157. The standard InChI is InChI=1S/C26H33NO4/c1-18-14-19(2)16-20(15-18)31-17-24(28)27-13-12-26(29)11-7-6-9-22(26)25(27)21-8-4-5-10-23(21)30-3/h4-5,8,10,14-16,22,25,29H,6-7,9,11-13,17H2,1-3H3/t22-,25+,26+/m0/s1. The van der Waals surface area contributed by atoms with Crippen LogP contribution in [-0.4, -0.2) is 41.8 Å². The van der Waals surface area contributed by atoms with Crippen LogP contribution < -0.4 is 9.47 Å². The average Bonchev–Trinajstić information content (AvgIpc) is 2.75. The Balaban J connectivity index is 1.62. The predicted molar refractivity (Wildman–Crippen MR) is 120 cm³/mol. The van der Waals surface area contributed by atoms with Crippen LogP contribution in [0.15, 0.2) is 42.5 Å². The smallest absolute Gasteiger partial charge is 0.261 e. The van der Waals surface area contributed by atoms with Crippen LogP contribution in [0.2, 0.25) is 0 Å². The minimum absolute atomic E-state index is 0.00327. The SMILES string of the molecule is COc1ccccc1[C@@H]1[C@@H]2CCCC[C@@]2(O)CCN1C(=O)COc1cc(C)cc(C)c1. The fourth-order valence-corrected chi connectivity index (χ4v) is 5.50. The number of hydrogen-bond donors (Lipinski definition) is 1. The zero-order valence-corrected chi connectivity index (χ0v) is 18.8. The van der Waals surface area contributed by atoms with Crippen LogP contribution >= 0.6 is 0 Å². The van der Waals surface area contributed by atoms with Crippen molar-refractivity contribution in [2.75, 3.05) is 20.3 Å². The highest BCUT2D eigenvalue weighted by Crippen LogP contribution is 2.50. The Bertz CT molecular complexity index is 923. The van der Waals surface area contributed by atoms with E-state index in [1.54, 1.807) is 7.11 Å². The van der Waals surface area contributed by atoms with E-state index in [-0.39, 0.29) is 24.5 Å². The summed E-state index contributed by atoms with van der Waals surface area (Å²) in [5, 5.41) is 11.4. The number of para-hydroxylation sites is 1. The number of fused-ring (bicyclic) bond motifs is 1. The molecule has 1 heterocycles. The molecular weight excluding hydrogens is 390 g/mol. The number of carbonyl (C=O) groups excluding carboxylic acids is 1. The number of nitrogens with zero attached hydrogens (tertiary/aromatic N) is 1. The topological polar surface area (TPSA) is 59.0 Å². The molecule has 1 aliphatic heterocycles. The van der Waals surface area contributed by atoms with E-state index >= 15 is 0 Å². The van der Waals surface area contributed by atoms with Crippen molar-refractivity contribution in [3.05, 3.63) is 59.2 Å². The van der Waals surface area contributed by atoms with Crippen LogP contribution in [0.5, 0.6) is 11.5 Å². The van der Waals surface area contributed by atoms with Gasteiger partial charge in [-0.1, -0.05) is 37.1 Å². The summed E-state index contributed by atoms with van der Waals surface area (Å²) in [6, 6.07) is 13.6. The van der Waals surface area contributed by atoms with Crippen LogP contribution in [0, 0.1) is 19.8 Å². The summed E-state index contributed by atoms with van der Waals surface area (Å²) >= 11 is 0. The summed E-state index contributed by atoms with van der Waals surface area (Å²) in [6.07, 6.45) is 4.42. The molecule has 2 aromatic rings. The highest BCUT2D eigenvalue weighted by Gasteiger charge is 2.50. The van der Waals surface area contributed by atoms with Crippen LogP contribution in [0.1, 0.15) is 54.8 Å². The van der Waals surface area contributed by atoms with Crippen molar-refractivity contribution >= 4 is 5.91 Å². The molecule has 0 spiro atoms. The molecule has 0 radical (unpaired) electrons. The zero-order chi connectivity index (χ0) is 22.0. The van der Waals surface area contributed by atoms with E-state index in [1.165, 1.54) is 0 Å². The molecule has 31 heavy (non-hydrogen) atoms. The van der Waals surface area contributed by atoms with Crippen molar-refractivity contribution in [2.45, 2.75) is 57.6 Å². The Morgan fingerprint density at radius 1 is 1.13 bits per heavy atom. The third-order valence-corrected chi connectivity index (χ3v) is 6.90. The number of methoxy groups -OCH3 is 1. The molecule has 1 N–H and O–H groups in total. The third kappa shape index (κ3) is 4.42. The van der Waals surface area contributed by atoms with E-state index in [9.17, 15) is 9.90 Å². The highest BCUT2D eigenvalue weighted by atomic mass is 16.5. The fraction of sp³-hybridized carbons (Fsp3) is 0.500. The summed E-state index contributed by atoms with van der Waals surface area (Å²) in [6.45, 7) is 4.55. The van der Waals surface area contributed by atoms with E-state index in [2.05, 4.69) is 6.07 Å². The number of amides is 1. The molecule has 1 saturated heterocycles. The molecule has 0 aromatic heterocycles. The first kappa shape index (κ1) is 21.7. The molecule has 2 aliphatic rings. The lowest BCUT2D eigenvalue weighted by Crippen LogP contribution is -2.57. The molecule has 166 valence electrons. The molecular formula is C26H33NO4. The van der Waals surface area contributed by atoms with Crippen LogP contribution in [0.25, 0.3) is 0 Å². The van der Waals surface area contributed by atoms with Gasteiger partial charge in [0.2, 0.25) is 0 Å². The van der Waals surface area contributed by atoms with Gasteiger partial charge in [-0.15, -0.1) is 0 Å². The van der Waals surface area contributed by atoms with Crippen LogP contribution in [0.3, 0.4) is 0 Å². The fourth-order valence-electron chi connectivity index (χ4n) is 5.50. The van der Waals surface area contributed by atoms with Crippen molar-refractivity contribution in [3.8, 4) is 11.5 Å². The second-order valence-electron chi connectivity index (χ2n) is 9.09. The monoisotopic (exact) mass is 423 g/mol. The summed E-state index contributed by atoms with van der Waals surface area (Å²) in [5.41, 5.74) is 2.46. The number of aryl methyl sites for hydroxylation is 2. The molecule has 2 fully saturated rings. The number of carbonyl (C=O) groups is 1. The Hall–Kier alpha value is -2.53. The van der Waals surface area contributed by atoms with E-state index in [4.69, 9.17) is 9.47 Å². The molecule has 1 amide bonds. The van der Waals surface area contributed by atoms with Gasteiger partial charge >= 0.3 is 0 Å². The molecule has 1 saturated carbocycles. The van der Waals surface area contributed by atoms with E-state index in [0.29, 0.717) is 18.7 Å². The van der Waals surface area contributed by atoms with Gasteiger partial charge in [-0.3, -0.25) is 4.79 Å². The molecule has 2 aromatic carbocycles. The Morgan fingerprint density at radius 3 is 2.61 bits per heavy atom. The summed E-state index contributed by atoms with van der Waals surface area (Å²) in [7, 11) is 1.66. The van der Waals surface area contributed by atoms with Gasteiger partial charge in [0.1, 0.15) is 11.5 Å². The molecule has 1 aliphatic carbocycles. The van der Waals surface area contributed by atoms with Crippen molar-refractivity contribution in [1.29, 1.82) is 0 Å². The second kappa shape index (κ2) is 8.91. The maximum atomic E-state index is 13.4. The van der Waals surface area contributed by atoms with Gasteiger partial charge in [0.05, 0.1) is 18.8 Å².